The minimum atomic E-state index is -0.977. The Labute approximate surface area is 130 Å². The molecule has 0 aromatic heterocycles. The highest BCUT2D eigenvalue weighted by Crippen LogP contribution is 2.17. The molecule has 1 rings (SSSR count). The van der Waals surface area contributed by atoms with Gasteiger partial charge in [0.2, 0.25) is 5.91 Å². The molecule has 118 valence electrons. The predicted molar refractivity (Wildman–Crippen MR) is 91.1 cm³/mol. The van der Waals surface area contributed by atoms with E-state index in [2.05, 4.69) is 31.8 Å². The lowest BCUT2D eigenvalue weighted by atomic mass is 9.98. The lowest BCUT2D eigenvalue weighted by Crippen LogP contribution is -2.30. The zero-order chi connectivity index (χ0) is 15.9. The van der Waals surface area contributed by atoms with Crippen LogP contribution in [0.2, 0.25) is 25.7 Å². The van der Waals surface area contributed by atoms with Crippen molar-refractivity contribution in [1.82, 2.24) is 4.90 Å². The second-order valence-electron chi connectivity index (χ2n) is 7.09. The second kappa shape index (κ2) is 8.32. The number of likely N-dealkylation sites (N-methyl/N-ethyl adjacent to an activating group) is 1. The van der Waals surface area contributed by atoms with Gasteiger partial charge < -0.3 is 4.90 Å². The molecule has 1 aliphatic carbocycles. The van der Waals surface area contributed by atoms with Crippen LogP contribution in [0.1, 0.15) is 32.1 Å². The molecule has 0 radical (unpaired) electrons. The van der Waals surface area contributed by atoms with Gasteiger partial charge in [-0.2, -0.15) is 0 Å². The Morgan fingerprint density at radius 3 is 2.62 bits per heavy atom. The van der Waals surface area contributed by atoms with Gasteiger partial charge in [0.25, 0.3) is 0 Å². The number of hydrogen-bond donors (Lipinski definition) is 0. The quantitative estimate of drug-likeness (QED) is 0.407. The summed E-state index contributed by atoms with van der Waals surface area (Å²) in [6.07, 6.45) is 10.2. The molecule has 0 N–H and O–H groups in total. The number of carbonyl (C=O) groups is 2. The highest BCUT2D eigenvalue weighted by atomic mass is 28.3. The minimum absolute atomic E-state index is 0.0223. The molecule has 4 heteroatoms. The molecule has 0 spiro atoms. The van der Waals surface area contributed by atoms with E-state index in [-0.39, 0.29) is 11.7 Å². The molecule has 1 amide bonds. The molecule has 0 aromatic rings. The third-order valence-electron chi connectivity index (χ3n) is 3.59. The number of unbranched alkanes of at least 4 members (excludes halogenated alkanes) is 1. The van der Waals surface area contributed by atoms with Crippen LogP contribution < -0.4 is 0 Å². The van der Waals surface area contributed by atoms with E-state index in [0.29, 0.717) is 12.0 Å². The van der Waals surface area contributed by atoms with Crippen LogP contribution in [0.25, 0.3) is 0 Å². The molecule has 21 heavy (non-hydrogen) atoms. The number of allylic oxidation sites excluding steroid dienone is 3. The zero-order valence-electron chi connectivity index (χ0n) is 13.9. The van der Waals surface area contributed by atoms with E-state index in [1.807, 2.05) is 7.05 Å². The monoisotopic (exact) mass is 307 g/mol. The van der Waals surface area contributed by atoms with Gasteiger partial charge in [-0.05, 0) is 37.8 Å². The molecule has 0 heterocycles. The van der Waals surface area contributed by atoms with Crippen LogP contribution in [0.15, 0.2) is 23.8 Å². The number of ketones is 1. The van der Waals surface area contributed by atoms with Crippen LogP contribution >= 0.6 is 0 Å². The van der Waals surface area contributed by atoms with Gasteiger partial charge in [0.1, 0.15) is 0 Å². The molecule has 1 aliphatic rings. The summed E-state index contributed by atoms with van der Waals surface area (Å²) < 4.78 is 0. The van der Waals surface area contributed by atoms with Gasteiger partial charge in [-0.3, -0.25) is 9.59 Å². The average Bonchev–Trinajstić information content (AvgIpc) is 2.40. The van der Waals surface area contributed by atoms with Gasteiger partial charge in [0, 0.05) is 33.7 Å². The maximum absolute atomic E-state index is 12.2. The summed E-state index contributed by atoms with van der Waals surface area (Å²) in [6, 6.07) is 1.22. The van der Waals surface area contributed by atoms with Crippen LogP contribution in [0.5, 0.6) is 0 Å². The van der Waals surface area contributed by atoms with Gasteiger partial charge in [-0.25, -0.2) is 0 Å². The fraction of sp³-hybridized carbons (Fsp3) is 0.647. The Bertz CT molecular complexity index is 433. The van der Waals surface area contributed by atoms with Crippen LogP contribution in [0.3, 0.4) is 0 Å². The van der Waals surface area contributed by atoms with Crippen molar-refractivity contribution in [3.8, 4) is 0 Å². The van der Waals surface area contributed by atoms with E-state index in [1.165, 1.54) is 12.1 Å². The Balaban J connectivity index is 2.29. The predicted octanol–water partition coefficient (Wildman–Crippen LogP) is 3.80. The third kappa shape index (κ3) is 7.41. The van der Waals surface area contributed by atoms with Crippen molar-refractivity contribution in [2.24, 2.45) is 0 Å². The van der Waals surface area contributed by atoms with Gasteiger partial charge in [0.15, 0.2) is 5.78 Å². The maximum Gasteiger partial charge on any atom is 0.249 e. The van der Waals surface area contributed by atoms with Gasteiger partial charge in [-0.15, -0.1) is 0 Å². The summed E-state index contributed by atoms with van der Waals surface area (Å²) in [5.41, 5.74) is 0.683. The lowest BCUT2D eigenvalue weighted by Gasteiger charge is -2.20. The Morgan fingerprint density at radius 1 is 1.29 bits per heavy atom. The fourth-order valence-corrected chi connectivity index (χ4v) is 3.18. The standard InChI is InChI=1S/C17H29NO2Si/c1-18(12-7-5-6-8-13-21(2,3)4)17(20)15-10-9-11-16(19)14-15/h6,8,14H,5,7,9-13H2,1-4H3/b8-6+. The number of amides is 1. The van der Waals surface area contributed by atoms with Crippen molar-refractivity contribution in [3.63, 3.8) is 0 Å². The van der Waals surface area contributed by atoms with Crippen LogP contribution in [-0.4, -0.2) is 38.3 Å². The Morgan fingerprint density at radius 2 is 2.00 bits per heavy atom. The molecule has 0 saturated heterocycles. The maximum atomic E-state index is 12.2. The van der Waals surface area contributed by atoms with Crippen LogP contribution in [0, 0.1) is 0 Å². The smallest absolute Gasteiger partial charge is 0.249 e. The number of rotatable bonds is 7. The zero-order valence-corrected chi connectivity index (χ0v) is 14.9. The highest BCUT2D eigenvalue weighted by molar-refractivity contribution is 6.76. The molecule has 0 saturated carbocycles. The SMILES string of the molecule is CN(CCC/C=C/C[Si](C)(C)C)C(=O)C1=CC(=O)CCC1. The van der Waals surface area contributed by atoms with Gasteiger partial charge >= 0.3 is 0 Å². The molecule has 0 unspecified atom stereocenters. The van der Waals surface area contributed by atoms with E-state index in [1.54, 1.807) is 4.90 Å². The fourth-order valence-electron chi connectivity index (χ4n) is 2.31. The molecule has 3 nitrogen and oxygen atoms in total. The third-order valence-corrected chi connectivity index (χ3v) is 5.05. The first-order valence-corrected chi connectivity index (χ1v) is 11.6. The molecule has 0 aliphatic heterocycles. The molecular formula is C17H29NO2Si. The average molecular weight is 308 g/mol. The largest absolute Gasteiger partial charge is 0.342 e. The van der Waals surface area contributed by atoms with E-state index in [9.17, 15) is 9.59 Å². The van der Waals surface area contributed by atoms with Crippen LogP contribution in [0.4, 0.5) is 0 Å². The van der Waals surface area contributed by atoms with Crippen LogP contribution in [-0.2, 0) is 9.59 Å². The Hall–Kier alpha value is -1.16. The summed E-state index contributed by atoms with van der Waals surface area (Å²) in [4.78, 5) is 25.3. The van der Waals surface area contributed by atoms with Gasteiger partial charge in [0.05, 0.1) is 0 Å². The van der Waals surface area contributed by atoms with E-state index in [4.69, 9.17) is 0 Å². The summed E-state index contributed by atoms with van der Waals surface area (Å²) in [5.74, 6) is 0.112. The molecule has 0 fully saturated rings. The summed E-state index contributed by atoms with van der Waals surface area (Å²) in [5, 5.41) is 0. The van der Waals surface area contributed by atoms with E-state index < -0.39 is 8.07 Å². The summed E-state index contributed by atoms with van der Waals surface area (Å²) >= 11 is 0. The number of carbonyl (C=O) groups excluding carboxylic acids is 2. The Kier molecular flexibility index (Phi) is 7.09. The molecular weight excluding hydrogens is 278 g/mol. The van der Waals surface area contributed by atoms with Gasteiger partial charge in [-0.1, -0.05) is 31.8 Å². The normalized spacial score (nSPS) is 16.2. The van der Waals surface area contributed by atoms with E-state index in [0.717, 1.165) is 32.2 Å². The minimum Gasteiger partial charge on any atom is -0.342 e. The summed E-state index contributed by atoms with van der Waals surface area (Å²) in [7, 11) is 0.850. The first-order valence-electron chi connectivity index (χ1n) is 7.93. The first kappa shape index (κ1) is 17.9. The van der Waals surface area contributed by atoms with E-state index >= 15 is 0 Å². The van der Waals surface area contributed by atoms with Crippen molar-refractivity contribution < 1.29 is 9.59 Å². The lowest BCUT2D eigenvalue weighted by molar-refractivity contribution is -0.127. The number of hydrogen-bond acceptors (Lipinski definition) is 2. The first-order chi connectivity index (χ1) is 9.79. The molecule has 0 bridgehead atoms. The van der Waals surface area contributed by atoms with Crippen molar-refractivity contribution in [2.75, 3.05) is 13.6 Å². The van der Waals surface area contributed by atoms with Crippen molar-refractivity contribution in [1.29, 1.82) is 0 Å². The second-order valence-corrected chi connectivity index (χ2v) is 12.6. The number of nitrogens with zero attached hydrogens (tertiary/aromatic N) is 1. The van der Waals surface area contributed by atoms with Crippen molar-refractivity contribution >= 4 is 19.8 Å². The molecule has 0 atom stereocenters. The highest BCUT2D eigenvalue weighted by Gasteiger charge is 2.19. The van der Waals surface area contributed by atoms with Crippen molar-refractivity contribution in [2.45, 2.75) is 57.8 Å². The topological polar surface area (TPSA) is 37.4 Å². The molecule has 0 aromatic carbocycles. The van der Waals surface area contributed by atoms with Crippen molar-refractivity contribution in [3.05, 3.63) is 23.8 Å². The summed E-state index contributed by atoms with van der Waals surface area (Å²) in [6.45, 7) is 7.84.